The summed E-state index contributed by atoms with van der Waals surface area (Å²) in [4.78, 5) is 13.7. The second-order valence-electron chi connectivity index (χ2n) is 30.1. The molecule has 19 nitrogen and oxygen atoms in total. The Balaban J connectivity index is 0.000000170. The quantitative estimate of drug-likeness (QED) is 0.0316. The molecule has 4 aliphatic heterocycles. The van der Waals surface area contributed by atoms with E-state index in [1.165, 1.54) is 30.3 Å². The molecule has 9 unspecified atom stereocenters. The first-order valence-corrected chi connectivity index (χ1v) is 47.6. The van der Waals surface area contributed by atoms with E-state index in [4.69, 9.17) is 162 Å². The van der Waals surface area contributed by atoms with Crippen LogP contribution in [0, 0.1) is 53.3 Å². The van der Waals surface area contributed by atoms with E-state index < -0.39 is 84.0 Å². The molecule has 15 rings (SSSR count). The van der Waals surface area contributed by atoms with E-state index in [9.17, 15) is 21.6 Å². The number of nitrogens with two attached hydrogens (primary N) is 1. The summed E-state index contributed by atoms with van der Waals surface area (Å²) in [5.41, 5.74) is 28.8. The summed E-state index contributed by atoms with van der Waals surface area (Å²) in [6, 6.07) is 52.2. The number of aryl methyl sites for hydroxylation is 6. The molecular formula is C89H76Cl13FN12O7S3. The van der Waals surface area contributed by atoms with Crippen molar-refractivity contribution in [1.29, 1.82) is 0 Å². The predicted molar refractivity (Wildman–Crippen MR) is 505 cm³/mol. The van der Waals surface area contributed by atoms with Gasteiger partial charge in [-0.25, -0.2) is 29.6 Å². The van der Waals surface area contributed by atoms with Gasteiger partial charge in [-0.15, -0.1) is 0 Å². The summed E-state index contributed by atoms with van der Waals surface area (Å²) in [5, 5.41) is 23.4. The molecule has 8 N–H and O–H groups in total. The van der Waals surface area contributed by atoms with Crippen LogP contribution in [0.4, 0.5) is 4.39 Å². The van der Waals surface area contributed by atoms with Crippen molar-refractivity contribution in [1.82, 2.24) is 35.5 Å². The van der Waals surface area contributed by atoms with Crippen molar-refractivity contribution in [3.63, 3.8) is 0 Å². The van der Waals surface area contributed by atoms with Gasteiger partial charge in [-0.1, -0.05) is 247 Å². The van der Waals surface area contributed by atoms with Crippen molar-refractivity contribution in [2.75, 3.05) is 0 Å². The lowest BCUT2D eigenvalue weighted by atomic mass is 9.84. The van der Waals surface area contributed by atoms with Crippen LogP contribution < -0.4 is 36.9 Å². The van der Waals surface area contributed by atoms with Crippen LogP contribution in [0.3, 0.4) is 0 Å². The number of hydrogen-bond acceptors (Lipinski definition) is 15. The van der Waals surface area contributed by atoms with Crippen LogP contribution in [0.25, 0.3) is 0 Å². The first-order chi connectivity index (χ1) is 59.2. The maximum absolute atomic E-state index is 15.8. The van der Waals surface area contributed by atoms with Gasteiger partial charge in [0.05, 0.1) is 85.9 Å². The van der Waals surface area contributed by atoms with E-state index in [-0.39, 0.29) is 75.7 Å². The number of amides is 1. The van der Waals surface area contributed by atoms with E-state index in [0.29, 0.717) is 114 Å². The number of hydrogen-bond donors (Lipinski definition) is 7. The molecule has 650 valence electrons. The van der Waals surface area contributed by atoms with E-state index >= 15 is 12.8 Å². The molecule has 11 aromatic carbocycles. The maximum Gasteiger partial charge on any atom is 0.245 e. The van der Waals surface area contributed by atoms with Crippen LogP contribution in [0.1, 0.15) is 145 Å². The Labute approximate surface area is 789 Å². The summed E-state index contributed by atoms with van der Waals surface area (Å²) in [5.74, 6) is -2.89. The number of halogens is 14. The van der Waals surface area contributed by atoms with Gasteiger partial charge < -0.3 is 27.4 Å². The lowest BCUT2D eigenvalue weighted by Gasteiger charge is -2.39. The Hall–Kier alpha value is -7.80. The molecular weight excluding hydrogens is 1930 g/mol. The van der Waals surface area contributed by atoms with Gasteiger partial charge in [-0.2, -0.15) is 34.2 Å². The molecule has 0 radical (unpaired) electrons. The zero-order valence-corrected chi connectivity index (χ0v) is 79.0. The highest BCUT2D eigenvalue weighted by atomic mass is 35.5. The molecule has 4 aliphatic rings. The topological polar surface area (TPSA) is 270 Å². The zero-order chi connectivity index (χ0) is 90.0. The fraction of sp³-hybridized carbons (Fsp3) is 0.202. The van der Waals surface area contributed by atoms with Crippen molar-refractivity contribution in [2.45, 2.75) is 124 Å². The molecule has 9 atom stereocenters. The molecule has 4 heterocycles. The van der Waals surface area contributed by atoms with Crippen LogP contribution in [-0.4, -0.2) is 58.3 Å². The second kappa shape index (κ2) is 40.1. The zero-order valence-electron chi connectivity index (χ0n) is 66.7. The number of nitrogens with one attached hydrogen (secondary N) is 6. The summed E-state index contributed by atoms with van der Waals surface area (Å²) in [6.07, 6.45) is 1.11. The summed E-state index contributed by atoms with van der Waals surface area (Å²) < 4.78 is 108. The van der Waals surface area contributed by atoms with Crippen LogP contribution in [-0.2, 0) is 34.9 Å². The number of carbonyl (C=O) groups excluding carboxylic acids is 1. The van der Waals surface area contributed by atoms with Crippen molar-refractivity contribution in [3.8, 4) is 0 Å². The Bertz CT molecular complexity index is 6470. The number of benzene rings is 11. The number of hydrazone groups is 4. The molecule has 125 heavy (non-hydrogen) atoms. The number of sulfonamides is 3. The minimum Gasteiger partial charge on any atom is -0.369 e. The minimum absolute atomic E-state index is 0.0137. The molecule has 1 amide bonds. The molecule has 0 aromatic heterocycles. The summed E-state index contributed by atoms with van der Waals surface area (Å²) in [6.45, 7) is 10.5. The molecule has 0 saturated carbocycles. The van der Waals surface area contributed by atoms with Crippen LogP contribution in [0.5, 0.6) is 0 Å². The third-order valence-corrected chi connectivity index (χ3v) is 30.3. The van der Waals surface area contributed by atoms with Gasteiger partial charge in [0.25, 0.3) is 0 Å². The SMILES string of the molecule is Cc1cc(C)c(S(=O)(=O)NC(C2=NNC(c3ccc(Cl)cc3)C2)c2ccc(Cl)cc2Cl)c(C)c1.Cc1cc(S(=O)(=O)NC(C2=NNC(c3ccc(Cl)cc3)C2)c2ccc(Cl)cc2Cl)c(C)cc1Cl.Cc1ccc(F)cc1S(=O)(=O)N(C(C1=NNC(c2ccc(Cl)cc2)C1)c1ccc(Cl)cc1Cl)C(C1=NNC(c2ccc(Cl)cc2)C1C(N)=O)c1ccc(Cl)cc1Cl. The van der Waals surface area contributed by atoms with E-state index in [1.54, 1.807) is 144 Å². The Morgan fingerprint density at radius 2 is 0.760 bits per heavy atom. The normalized spacial score (nSPS) is 17.8. The predicted octanol–water partition coefficient (Wildman–Crippen LogP) is 24.1. The van der Waals surface area contributed by atoms with Gasteiger partial charge in [0.15, 0.2) is 0 Å². The van der Waals surface area contributed by atoms with Gasteiger partial charge in [-0.3, -0.25) is 4.79 Å². The van der Waals surface area contributed by atoms with Gasteiger partial charge >= 0.3 is 0 Å². The third kappa shape index (κ3) is 21.9. The highest BCUT2D eigenvalue weighted by Gasteiger charge is 2.52. The van der Waals surface area contributed by atoms with E-state index in [1.807, 2.05) is 67.6 Å². The summed E-state index contributed by atoms with van der Waals surface area (Å²) in [7, 11) is -12.8. The first-order valence-electron chi connectivity index (χ1n) is 38.3. The molecule has 0 fully saturated rings. The highest BCUT2D eigenvalue weighted by molar-refractivity contribution is 7.90. The van der Waals surface area contributed by atoms with Gasteiger partial charge in [-0.05, 0) is 235 Å². The molecule has 11 aromatic rings. The fourth-order valence-electron chi connectivity index (χ4n) is 15.4. The summed E-state index contributed by atoms with van der Waals surface area (Å²) >= 11 is 82.7. The number of nitrogens with zero attached hydrogens (tertiary/aromatic N) is 5. The highest BCUT2D eigenvalue weighted by Crippen LogP contribution is 2.49. The average molecular weight is 2000 g/mol. The third-order valence-electron chi connectivity index (χ3n) is 21.4. The molecule has 0 aliphatic carbocycles. The lowest BCUT2D eigenvalue weighted by Crippen LogP contribution is -2.47. The van der Waals surface area contributed by atoms with Crippen LogP contribution in [0.15, 0.2) is 247 Å². The Kier molecular flexibility index (Phi) is 30.4. The molecule has 0 bridgehead atoms. The molecule has 0 saturated heterocycles. The second-order valence-corrected chi connectivity index (χ2v) is 40.8. The minimum atomic E-state index is -4.90. The van der Waals surface area contributed by atoms with Crippen molar-refractivity contribution >= 4 is 210 Å². The maximum atomic E-state index is 15.8. The smallest absolute Gasteiger partial charge is 0.245 e. The van der Waals surface area contributed by atoms with Crippen molar-refractivity contribution in [3.05, 3.63) is 361 Å². The van der Waals surface area contributed by atoms with Gasteiger partial charge in [0, 0.05) is 84.6 Å². The monoisotopic (exact) mass is 1990 g/mol. The van der Waals surface area contributed by atoms with Crippen LogP contribution >= 0.6 is 151 Å². The Morgan fingerprint density at radius 3 is 1.18 bits per heavy atom. The number of carbonyl (C=O) groups is 1. The first kappa shape index (κ1) is 94.8. The fourth-order valence-corrected chi connectivity index (χ4v) is 23.3. The van der Waals surface area contributed by atoms with Crippen LogP contribution in [0.2, 0.25) is 65.3 Å². The average Bonchev–Trinajstić information content (AvgIpc) is 1.71. The largest absolute Gasteiger partial charge is 0.369 e. The molecule has 36 heteroatoms. The lowest BCUT2D eigenvalue weighted by molar-refractivity contribution is -0.120. The molecule has 0 spiro atoms. The van der Waals surface area contributed by atoms with E-state index in [0.717, 1.165) is 38.7 Å². The number of primary amides is 1. The van der Waals surface area contributed by atoms with E-state index in [2.05, 4.69) is 46.5 Å². The number of rotatable bonds is 23. The van der Waals surface area contributed by atoms with Gasteiger partial charge in [0.1, 0.15) is 11.7 Å². The van der Waals surface area contributed by atoms with Gasteiger partial charge in [0.2, 0.25) is 36.0 Å². The van der Waals surface area contributed by atoms with Crippen molar-refractivity contribution in [2.24, 2.45) is 32.1 Å². The van der Waals surface area contributed by atoms with Crippen molar-refractivity contribution < 1.29 is 34.4 Å². The standard InChI is InChI=1S/C40H31Cl6FN6O3S.C25H24Cl3N3O2S.C24H21Cl4N3O2S/c1-20-2-13-27(47)18-34(20)57(55,56)53(38(28-14-11-25(43)16-30(28)45)33-19-32(49-50-33)21-3-7-23(41)8-4-21)39(29-15-12-26(44)17-31(29)46)37-35(40(48)54)36(51-52-37)22-5-9-24(42)10-6-22;1-14-10-15(2)25(16(3)11-14)34(32,33)31-24(20-9-8-19(27)12-21(20)28)23-13-22(29-30-23)17-4-6-18(26)7-5-17;1-13-10-23(14(2)9-19(13)27)34(32,33)31-24(18-8-7-17(26)11-20(18)28)22-12-21(29-30-22)15-3-5-16(25)6-4-15/h2-18,32,35-36,38-39,49,51H,19H2,1H3,(H2,48,54);4-12,22,24,29,31H,13H2,1-3H3;3-11,21,24,29,31H,12H2,1-2H3. The Morgan fingerprint density at radius 1 is 0.384 bits per heavy atom.